The molecule has 0 aliphatic carbocycles. The summed E-state index contributed by atoms with van der Waals surface area (Å²) in [5, 5.41) is 6.17. The molecule has 1 heterocycles. The van der Waals surface area contributed by atoms with Crippen molar-refractivity contribution in [2.75, 3.05) is 0 Å². The lowest BCUT2D eigenvalue weighted by Gasteiger charge is -2.18. The summed E-state index contributed by atoms with van der Waals surface area (Å²) in [4.78, 5) is 0. The Morgan fingerprint density at radius 1 is 1.00 bits per heavy atom. The van der Waals surface area contributed by atoms with Crippen LogP contribution in [0, 0.1) is 0 Å². The van der Waals surface area contributed by atoms with Crippen molar-refractivity contribution >= 4 is 26.7 Å². The molecule has 16 heavy (non-hydrogen) atoms. The van der Waals surface area contributed by atoms with Crippen LogP contribution in [-0.4, -0.2) is 0 Å². The largest absolute Gasteiger partial charge is 0.309 e. The van der Waals surface area contributed by atoms with Gasteiger partial charge in [0.15, 0.2) is 0 Å². The third-order valence-corrected chi connectivity index (χ3v) is 3.48. The number of hydrogen-bond acceptors (Lipinski definition) is 1. The van der Waals surface area contributed by atoms with Gasteiger partial charge in [-0.3, -0.25) is 0 Å². The Morgan fingerprint density at radius 3 is 2.44 bits per heavy atom. The third kappa shape index (κ3) is 1.87. The van der Waals surface area contributed by atoms with E-state index in [9.17, 15) is 0 Å². The van der Waals surface area contributed by atoms with E-state index in [2.05, 4.69) is 51.6 Å². The normalized spacial score (nSPS) is 13.2. The van der Waals surface area contributed by atoms with Crippen molar-refractivity contribution in [3.05, 3.63) is 45.9 Å². The SMILES string of the molecule is Brc1ccc2c3c(cccc13)CNC2.CC. The van der Waals surface area contributed by atoms with Crippen LogP contribution in [0.2, 0.25) is 0 Å². The zero-order chi connectivity index (χ0) is 11.5. The maximum Gasteiger partial charge on any atom is 0.0254 e. The van der Waals surface area contributed by atoms with E-state index in [0.29, 0.717) is 0 Å². The highest BCUT2D eigenvalue weighted by Gasteiger charge is 2.12. The molecule has 0 spiro atoms. The van der Waals surface area contributed by atoms with Crippen LogP contribution < -0.4 is 5.32 Å². The maximum atomic E-state index is 3.60. The van der Waals surface area contributed by atoms with Crippen molar-refractivity contribution in [1.29, 1.82) is 0 Å². The van der Waals surface area contributed by atoms with Crippen molar-refractivity contribution in [3.63, 3.8) is 0 Å². The molecule has 0 saturated heterocycles. The molecule has 1 aliphatic rings. The van der Waals surface area contributed by atoms with E-state index in [4.69, 9.17) is 0 Å². The van der Waals surface area contributed by atoms with Crippen molar-refractivity contribution < 1.29 is 0 Å². The van der Waals surface area contributed by atoms with E-state index >= 15 is 0 Å². The fraction of sp³-hybridized carbons (Fsp3) is 0.286. The summed E-state index contributed by atoms with van der Waals surface area (Å²) >= 11 is 3.60. The van der Waals surface area contributed by atoms with E-state index in [1.807, 2.05) is 13.8 Å². The molecule has 2 aromatic carbocycles. The molecule has 0 aromatic heterocycles. The Bertz CT molecular complexity index is 495. The molecule has 0 unspecified atom stereocenters. The molecule has 0 amide bonds. The first-order valence-corrected chi connectivity index (χ1v) is 6.55. The summed E-state index contributed by atoms with van der Waals surface area (Å²) < 4.78 is 1.19. The molecule has 1 nitrogen and oxygen atoms in total. The van der Waals surface area contributed by atoms with Gasteiger partial charge in [-0.2, -0.15) is 0 Å². The fourth-order valence-electron chi connectivity index (χ4n) is 2.15. The number of hydrogen-bond donors (Lipinski definition) is 1. The van der Waals surface area contributed by atoms with Crippen LogP contribution in [-0.2, 0) is 13.1 Å². The second kappa shape index (κ2) is 4.98. The smallest absolute Gasteiger partial charge is 0.0254 e. The van der Waals surface area contributed by atoms with Crippen LogP contribution in [0.5, 0.6) is 0 Å². The van der Waals surface area contributed by atoms with E-state index in [1.54, 1.807) is 0 Å². The molecule has 0 fully saturated rings. The highest BCUT2D eigenvalue weighted by Crippen LogP contribution is 2.31. The van der Waals surface area contributed by atoms with Crippen LogP contribution in [0.1, 0.15) is 25.0 Å². The summed E-state index contributed by atoms with van der Waals surface area (Å²) in [6, 6.07) is 10.8. The Morgan fingerprint density at radius 2 is 1.69 bits per heavy atom. The standard InChI is InChI=1S/C12H10BrN.C2H6/c13-11-5-4-9-7-14-6-8-2-1-3-10(11)12(8)9;1-2/h1-5,14H,6-7H2;1-2H3. The van der Waals surface area contributed by atoms with Gasteiger partial charge in [-0.1, -0.05) is 54.0 Å². The summed E-state index contributed by atoms with van der Waals surface area (Å²) in [6.45, 7) is 5.97. The molecular formula is C14H16BrN. The minimum absolute atomic E-state index is 0.987. The molecule has 0 atom stereocenters. The first-order valence-electron chi connectivity index (χ1n) is 5.76. The number of halogens is 1. The average Bonchev–Trinajstić information content (AvgIpc) is 2.37. The van der Waals surface area contributed by atoms with Crippen LogP contribution >= 0.6 is 15.9 Å². The van der Waals surface area contributed by atoms with Gasteiger partial charge in [0, 0.05) is 17.6 Å². The zero-order valence-electron chi connectivity index (χ0n) is 9.68. The summed E-state index contributed by atoms with van der Waals surface area (Å²) in [6.07, 6.45) is 0. The lowest BCUT2D eigenvalue weighted by molar-refractivity contribution is 0.683. The van der Waals surface area contributed by atoms with Gasteiger partial charge >= 0.3 is 0 Å². The molecule has 0 bridgehead atoms. The quantitative estimate of drug-likeness (QED) is 0.760. The highest BCUT2D eigenvalue weighted by molar-refractivity contribution is 9.10. The van der Waals surface area contributed by atoms with E-state index in [-0.39, 0.29) is 0 Å². The number of nitrogens with one attached hydrogen (secondary N) is 1. The predicted octanol–water partition coefficient (Wildman–Crippen LogP) is 4.23. The van der Waals surface area contributed by atoms with Gasteiger partial charge in [0.25, 0.3) is 0 Å². The summed E-state index contributed by atoms with van der Waals surface area (Å²) in [7, 11) is 0. The molecule has 1 N–H and O–H groups in total. The van der Waals surface area contributed by atoms with Crippen LogP contribution in [0.3, 0.4) is 0 Å². The molecule has 0 radical (unpaired) electrons. The summed E-state index contributed by atoms with van der Waals surface area (Å²) in [5.74, 6) is 0. The van der Waals surface area contributed by atoms with Crippen molar-refractivity contribution in [2.24, 2.45) is 0 Å². The molecule has 2 heteroatoms. The number of benzene rings is 2. The van der Waals surface area contributed by atoms with Gasteiger partial charge < -0.3 is 5.32 Å². The Kier molecular flexibility index (Phi) is 3.62. The van der Waals surface area contributed by atoms with Gasteiger partial charge in [0.1, 0.15) is 0 Å². The monoisotopic (exact) mass is 277 g/mol. The predicted molar refractivity (Wildman–Crippen MR) is 73.5 cm³/mol. The average molecular weight is 278 g/mol. The van der Waals surface area contributed by atoms with Crippen LogP contribution in [0.4, 0.5) is 0 Å². The van der Waals surface area contributed by atoms with Crippen molar-refractivity contribution in [3.8, 4) is 0 Å². The highest BCUT2D eigenvalue weighted by atomic mass is 79.9. The Hall–Kier alpha value is -0.860. The van der Waals surface area contributed by atoms with Gasteiger partial charge in [-0.05, 0) is 28.0 Å². The molecule has 2 aromatic rings. The van der Waals surface area contributed by atoms with Crippen LogP contribution in [0.15, 0.2) is 34.8 Å². The maximum absolute atomic E-state index is 3.60. The molecule has 3 rings (SSSR count). The first-order chi connectivity index (χ1) is 7.86. The molecule has 84 valence electrons. The van der Waals surface area contributed by atoms with Crippen molar-refractivity contribution in [1.82, 2.24) is 5.32 Å². The molecule has 0 saturated carbocycles. The molecule has 1 aliphatic heterocycles. The van der Waals surface area contributed by atoms with Crippen molar-refractivity contribution in [2.45, 2.75) is 26.9 Å². The van der Waals surface area contributed by atoms with E-state index in [1.165, 1.54) is 26.4 Å². The van der Waals surface area contributed by atoms with Gasteiger partial charge in [-0.15, -0.1) is 0 Å². The topological polar surface area (TPSA) is 12.0 Å². The van der Waals surface area contributed by atoms with Crippen LogP contribution in [0.25, 0.3) is 10.8 Å². The van der Waals surface area contributed by atoms with Gasteiger partial charge in [0.05, 0.1) is 0 Å². The Labute approximate surface area is 105 Å². The number of rotatable bonds is 0. The lowest BCUT2D eigenvalue weighted by Crippen LogP contribution is -2.18. The first kappa shape index (κ1) is 11.6. The van der Waals surface area contributed by atoms with E-state index < -0.39 is 0 Å². The Balaban J connectivity index is 0.000000457. The van der Waals surface area contributed by atoms with Gasteiger partial charge in [0.2, 0.25) is 0 Å². The summed E-state index contributed by atoms with van der Waals surface area (Å²) in [5.41, 5.74) is 2.81. The van der Waals surface area contributed by atoms with E-state index in [0.717, 1.165) is 13.1 Å². The minimum atomic E-state index is 0.987. The minimum Gasteiger partial charge on any atom is -0.309 e. The lowest BCUT2D eigenvalue weighted by atomic mass is 9.96. The van der Waals surface area contributed by atoms with Gasteiger partial charge in [-0.25, -0.2) is 0 Å². The zero-order valence-corrected chi connectivity index (χ0v) is 11.3. The fourth-order valence-corrected chi connectivity index (χ4v) is 2.61. The molecular weight excluding hydrogens is 262 g/mol. The second-order valence-corrected chi connectivity index (χ2v) is 4.50. The third-order valence-electron chi connectivity index (χ3n) is 2.79. The second-order valence-electron chi connectivity index (χ2n) is 3.65.